The monoisotopic (exact) mass is 208 g/mol. The van der Waals surface area contributed by atoms with Crippen molar-refractivity contribution in [3.05, 3.63) is 60.4 Å². The first-order valence-electron chi connectivity index (χ1n) is 5.38. The second kappa shape index (κ2) is 3.53. The molecule has 1 heteroatoms. The highest BCUT2D eigenvalue weighted by Gasteiger charge is 2.08. The zero-order valence-electron chi connectivity index (χ0n) is 9.10. The Morgan fingerprint density at radius 1 is 0.750 bits per heavy atom. The lowest BCUT2D eigenvalue weighted by Crippen LogP contribution is -1.63. The Kier molecular flexibility index (Phi) is 2.03. The maximum absolute atomic E-state index is 5.62. The fraction of sp³-hybridized carbons (Fsp3) is 0.0667. The molecule has 0 N–H and O–H groups in total. The maximum atomic E-state index is 5.62. The molecule has 2 aliphatic carbocycles. The summed E-state index contributed by atoms with van der Waals surface area (Å²) < 4.78 is 5.62. The van der Waals surface area contributed by atoms with Gasteiger partial charge in [0.05, 0.1) is 0 Å². The lowest BCUT2D eigenvalue weighted by Gasteiger charge is -1.88. The minimum absolute atomic E-state index is 0.941. The van der Waals surface area contributed by atoms with Crippen molar-refractivity contribution in [2.45, 2.75) is 6.92 Å². The summed E-state index contributed by atoms with van der Waals surface area (Å²) in [6, 6.07) is 18.7. The van der Waals surface area contributed by atoms with Crippen LogP contribution in [0.2, 0.25) is 0 Å². The minimum Gasteiger partial charge on any atom is -0.461 e. The molecule has 2 aliphatic rings. The number of hydrogen-bond donors (Lipinski definition) is 0. The summed E-state index contributed by atoms with van der Waals surface area (Å²) in [5, 5.41) is 0. The van der Waals surface area contributed by atoms with Gasteiger partial charge in [0, 0.05) is 5.56 Å². The first kappa shape index (κ1) is 9.22. The van der Waals surface area contributed by atoms with E-state index in [9.17, 15) is 0 Å². The van der Waals surface area contributed by atoms with E-state index in [1.165, 1.54) is 11.1 Å². The van der Waals surface area contributed by atoms with Gasteiger partial charge in [-0.15, -0.1) is 0 Å². The molecule has 0 atom stereocenters. The van der Waals surface area contributed by atoms with Gasteiger partial charge >= 0.3 is 0 Å². The van der Waals surface area contributed by atoms with Crippen LogP contribution in [0.4, 0.5) is 0 Å². The molecule has 3 rings (SSSR count). The third-order valence-electron chi connectivity index (χ3n) is 2.75. The summed E-state index contributed by atoms with van der Waals surface area (Å²) in [5.74, 6) is 1.89. The highest BCUT2D eigenvalue weighted by atomic mass is 16.3. The smallest absolute Gasteiger partial charge is 0.134 e. The predicted molar refractivity (Wildman–Crippen MR) is 65.5 cm³/mol. The number of aryl methyl sites for hydroxylation is 1. The van der Waals surface area contributed by atoms with Crippen molar-refractivity contribution in [1.29, 1.82) is 0 Å². The van der Waals surface area contributed by atoms with E-state index >= 15 is 0 Å². The molecule has 1 aromatic rings. The summed E-state index contributed by atoms with van der Waals surface area (Å²) >= 11 is 0. The van der Waals surface area contributed by atoms with Crippen LogP contribution in [0.25, 0.3) is 22.5 Å². The van der Waals surface area contributed by atoms with E-state index in [2.05, 4.69) is 36.4 Å². The summed E-state index contributed by atoms with van der Waals surface area (Å²) in [7, 11) is 0. The Balaban J connectivity index is 2.17. The van der Waals surface area contributed by atoms with Gasteiger partial charge < -0.3 is 4.42 Å². The van der Waals surface area contributed by atoms with Crippen LogP contribution in [0.3, 0.4) is 0 Å². The third kappa shape index (κ3) is 1.50. The molecule has 0 amide bonds. The van der Waals surface area contributed by atoms with E-state index in [4.69, 9.17) is 4.42 Å². The van der Waals surface area contributed by atoms with E-state index in [1.54, 1.807) is 0 Å². The van der Waals surface area contributed by atoms with Gasteiger partial charge in [0.1, 0.15) is 11.5 Å². The van der Waals surface area contributed by atoms with Crippen LogP contribution < -0.4 is 0 Å². The van der Waals surface area contributed by atoms with E-state index in [0.29, 0.717) is 0 Å². The average molecular weight is 208 g/mol. The van der Waals surface area contributed by atoms with Gasteiger partial charge in [-0.25, -0.2) is 0 Å². The first-order chi connectivity index (χ1) is 7.83. The van der Waals surface area contributed by atoms with Crippen molar-refractivity contribution < 1.29 is 4.42 Å². The maximum Gasteiger partial charge on any atom is 0.134 e. The van der Waals surface area contributed by atoms with Gasteiger partial charge in [-0.3, -0.25) is 0 Å². The number of fused-ring (bicyclic) bond motifs is 1. The van der Waals surface area contributed by atoms with Crippen LogP contribution in [0.1, 0.15) is 5.76 Å². The van der Waals surface area contributed by atoms with Crippen LogP contribution in [0.15, 0.2) is 59.0 Å². The van der Waals surface area contributed by atoms with E-state index < -0.39 is 0 Å². The van der Waals surface area contributed by atoms with Gasteiger partial charge in [-0.2, -0.15) is 0 Å². The van der Waals surface area contributed by atoms with Crippen LogP contribution in [0.5, 0.6) is 0 Å². The van der Waals surface area contributed by atoms with Crippen LogP contribution in [-0.4, -0.2) is 0 Å². The molecule has 1 nitrogen and oxygen atoms in total. The fourth-order valence-electron chi connectivity index (χ4n) is 1.95. The van der Waals surface area contributed by atoms with Crippen molar-refractivity contribution in [3.8, 4) is 22.5 Å². The van der Waals surface area contributed by atoms with Gasteiger partial charge in [0.15, 0.2) is 0 Å². The molecule has 0 spiro atoms. The van der Waals surface area contributed by atoms with Crippen LogP contribution >= 0.6 is 0 Å². The van der Waals surface area contributed by atoms with Gasteiger partial charge in [-0.05, 0) is 42.3 Å². The van der Waals surface area contributed by atoms with E-state index in [1.807, 2.05) is 25.1 Å². The van der Waals surface area contributed by atoms with Gasteiger partial charge in [0.2, 0.25) is 0 Å². The Hall–Kier alpha value is -2.02. The molecule has 1 aromatic heterocycles. The highest BCUT2D eigenvalue weighted by Crippen LogP contribution is 2.32. The highest BCUT2D eigenvalue weighted by molar-refractivity contribution is 5.77. The third-order valence-corrected chi connectivity index (χ3v) is 2.75. The summed E-state index contributed by atoms with van der Waals surface area (Å²) in [5.41, 5.74) is 3.64. The lowest BCUT2D eigenvalue weighted by atomic mass is 10.2. The zero-order valence-corrected chi connectivity index (χ0v) is 9.10. The molecule has 1 heterocycles. The normalized spacial score (nSPS) is 10.8. The molecular formula is C15H12O. The standard InChI is InChI=1S/C15H12O/c1-11-7-8-15(16-11)14-9-12-5-3-2-4-6-13(12)10-14/h2-10H,1H3. The van der Waals surface area contributed by atoms with Gasteiger partial charge in [0.25, 0.3) is 0 Å². The average Bonchev–Trinajstić information content (AvgIpc) is 2.81. The van der Waals surface area contributed by atoms with Crippen LogP contribution in [0, 0.1) is 6.92 Å². The molecule has 0 fully saturated rings. The van der Waals surface area contributed by atoms with Crippen molar-refractivity contribution in [2.75, 3.05) is 0 Å². The molecule has 0 saturated heterocycles. The minimum atomic E-state index is 0.941. The summed E-state index contributed by atoms with van der Waals surface area (Å²) in [6.45, 7) is 1.96. The Labute approximate surface area is 94.7 Å². The molecule has 78 valence electrons. The van der Waals surface area contributed by atoms with Crippen molar-refractivity contribution in [1.82, 2.24) is 0 Å². The molecule has 0 unspecified atom stereocenters. The van der Waals surface area contributed by atoms with E-state index in [-0.39, 0.29) is 0 Å². The summed E-state index contributed by atoms with van der Waals surface area (Å²) in [6.07, 6.45) is 0. The Morgan fingerprint density at radius 2 is 1.44 bits per heavy atom. The molecule has 0 radical (unpaired) electrons. The van der Waals surface area contributed by atoms with Crippen molar-refractivity contribution >= 4 is 0 Å². The first-order valence-corrected chi connectivity index (χ1v) is 5.38. The topological polar surface area (TPSA) is 13.1 Å². The lowest BCUT2D eigenvalue weighted by molar-refractivity contribution is 0.548. The van der Waals surface area contributed by atoms with Crippen molar-refractivity contribution in [2.24, 2.45) is 0 Å². The molecule has 0 saturated carbocycles. The second-order valence-electron chi connectivity index (χ2n) is 3.98. The molecule has 0 aromatic carbocycles. The van der Waals surface area contributed by atoms with Crippen LogP contribution in [-0.2, 0) is 0 Å². The number of hydrogen-bond acceptors (Lipinski definition) is 1. The molecular weight excluding hydrogens is 196 g/mol. The predicted octanol–water partition coefficient (Wildman–Crippen LogP) is 4.36. The SMILES string of the molecule is Cc1ccc(-c2cc3cccccc-3c2)o1. The quantitative estimate of drug-likeness (QED) is 0.579. The molecule has 16 heavy (non-hydrogen) atoms. The zero-order chi connectivity index (χ0) is 11.0. The van der Waals surface area contributed by atoms with E-state index in [0.717, 1.165) is 17.1 Å². The second-order valence-corrected chi connectivity index (χ2v) is 3.98. The fourth-order valence-corrected chi connectivity index (χ4v) is 1.95. The largest absolute Gasteiger partial charge is 0.461 e. The molecule has 0 aliphatic heterocycles. The number of rotatable bonds is 1. The molecule has 0 bridgehead atoms. The number of furan rings is 1. The Bertz CT molecular complexity index is 561. The van der Waals surface area contributed by atoms with Gasteiger partial charge in [-0.1, -0.05) is 30.3 Å². The van der Waals surface area contributed by atoms with Crippen molar-refractivity contribution in [3.63, 3.8) is 0 Å². The summed E-state index contributed by atoms with van der Waals surface area (Å²) in [4.78, 5) is 0. The Morgan fingerprint density at radius 3 is 2.00 bits per heavy atom.